The first kappa shape index (κ1) is 16.3. The minimum Gasteiger partial charge on any atom is -0.489 e. The molecule has 130 valence electrons. The molecule has 1 aliphatic heterocycles. The number of pyridine rings is 1. The number of fused-ring (bicyclic) bond motifs is 1. The van der Waals surface area contributed by atoms with Gasteiger partial charge < -0.3 is 10.1 Å². The van der Waals surface area contributed by atoms with Crippen LogP contribution in [0.5, 0.6) is 0 Å². The fourth-order valence-electron chi connectivity index (χ4n) is 3.44. The molecular weight excluding hydrogens is 324 g/mol. The van der Waals surface area contributed by atoms with E-state index in [1.807, 2.05) is 50.2 Å². The van der Waals surface area contributed by atoms with Gasteiger partial charge in [-0.15, -0.1) is 0 Å². The van der Waals surface area contributed by atoms with E-state index in [9.17, 15) is 4.79 Å². The van der Waals surface area contributed by atoms with Crippen molar-refractivity contribution < 1.29 is 9.53 Å². The van der Waals surface area contributed by atoms with Gasteiger partial charge in [-0.2, -0.15) is 0 Å². The van der Waals surface area contributed by atoms with Gasteiger partial charge in [-0.25, -0.2) is 4.98 Å². The third-order valence-corrected chi connectivity index (χ3v) is 4.75. The molecule has 0 spiro atoms. The van der Waals surface area contributed by atoms with E-state index in [1.165, 1.54) is 5.57 Å². The summed E-state index contributed by atoms with van der Waals surface area (Å²) < 4.78 is 5.96. The van der Waals surface area contributed by atoms with Crippen molar-refractivity contribution in [3.05, 3.63) is 88.8 Å². The number of nitrogens with one attached hydrogen (secondary N) is 1. The summed E-state index contributed by atoms with van der Waals surface area (Å²) in [5.41, 5.74) is 4.89. The predicted molar refractivity (Wildman–Crippen MR) is 103 cm³/mol. The Morgan fingerprint density at radius 2 is 2.04 bits per heavy atom. The van der Waals surface area contributed by atoms with Crippen molar-refractivity contribution in [2.45, 2.75) is 26.4 Å². The number of ether oxygens (including phenoxy) is 1. The van der Waals surface area contributed by atoms with Gasteiger partial charge in [0.05, 0.1) is 0 Å². The molecule has 1 atom stereocenters. The number of amides is 1. The maximum absolute atomic E-state index is 12.4. The van der Waals surface area contributed by atoms with Crippen molar-refractivity contribution in [3.8, 4) is 0 Å². The molecule has 2 heterocycles. The lowest BCUT2D eigenvalue weighted by Gasteiger charge is -2.14. The number of carbonyl (C=O) groups excluding carboxylic acids is 1. The van der Waals surface area contributed by atoms with Crippen LogP contribution < -0.4 is 5.32 Å². The molecule has 1 amide bonds. The second kappa shape index (κ2) is 6.64. The van der Waals surface area contributed by atoms with E-state index < -0.39 is 0 Å². The molecule has 4 heteroatoms. The zero-order valence-electron chi connectivity index (χ0n) is 14.8. The normalized spacial score (nSPS) is 18.2. The van der Waals surface area contributed by atoms with Crippen LogP contribution in [0, 0.1) is 6.92 Å². The number of allylic oxidation sites excluding steroid dienone is 3. The Morgan fingerprint density at radius 3 is 2.81 bits per heavy atom. The molecule has 0 saturated heterocycles. The van der Waals surface area contributed by atoms with Crippen LogP contribution in [0.25, 0.3) is 5.57 Å². The number of rotatable bonds is 3. The van der Waals surface area contributed by atoms with Crippen molar-refractivity contribution in [2.24, 2.45) is 0 Å². The van der Waals surface area contributed by atoms with Gasteiger partial charge in [0, 0.05) is 34.9 Å². The van der Waals surface area contributed by atoms with Gasteiger partial charge in [-0.05, 0) is 37.6 Å². The molecule has 4 nitrogen and oxygen atoms in total. The summed E-state index contributed by atoms with van der Waals surface area (Å²) in [6.45, 7) is 3.91. The molecule has 2 aromatic rings. The van der Waals surface area contributed by atoms with E-state index in [0.29, 0.717) is 11.4 Å². The summed E-state index contributed by atoms with van der Waals surface area (Å²) in [5.74, 6) is 1.31. The van der Waals surface area contributed by atoms with Crippen LogP contribution in [0.2, 0.25) is 0 Å². The first-order chi connectivity index (χ1) is 12.6. The van der Waals surface area contributed by atoms with Gasteiger partial charge in [0.25, 0.3) is 5.91 Å². The second-order valence-electron chi connectivity index (χ2n) is 6.52. The molecule has 1 aromatic carbocycles. The second-order valence-corrected chi connectivity index (χ2v) is 6.52. The lowest BCUT2D eigenvalue weighted by Crippen LogP contribution is -2.14. The van der Waals surface area contributed by atoms with Crippen molar-refractivity contribution >= 4 is 17.3 Å². The molecule has 0 radical (unpaired) electrons. The van der Waals surface area contributed by atoms with E-state index in [1.54, 1.807) is 6.20 Å². The number of nitrogens with zero attached hydrogens (tertiary/aromatic N) is 1. The zero-order valence-corrected chi connectivity index (χ0v) is 14.8. The van der Waals surface area contributed by atoms with Gasteiger partial charge in [-0.1, -0.05) is 36.4 Å². The summed E-state index contributed by atoms with van der Waals surface area (Å²) in [5, 5.41) is 2.86. The lowest BCUT2D eigenvalue weighted by molar-refractivity contribution is 0.102. The SMILES string of the molecule is CC1=C(c2ccc(NC(=O)c3ccccc3C)nc2)C2=CC=CCC2O1. The van der Waals surface area contributed by atoms with E-state index in [-0.39, 0.29) is 12.0 Å². The first-order valence-electron chi connectivity index (χ1n) is 8.71. The fraction of sp³-hybridized carbons (Fsp3) is 0.182. The van der Waals surface area contributed by atoms with E-state index in [4.69, 9.17) is 4.74 Å². The summed E-state index contributed by atoms with van der Waals surface area (Å²) in [6.07, 6.45) is 9.08. The first-order valence-corrected chi connectivity index (χ1v) is 8.71. The molecule has 0 bridgehead atoms. The minimum atomic E-state index is -0.150. The Morgan fingerprint density at radius 1 is 1.19 bits per heavy atom. The Balaban J connectivity index is 1.55. The molecule has 0 saturated carbocycles. The molecule has 1 N–H and O–H groups in total. The van der Waals surface area contributed by atoms with Crippen LogP contribution in [0.4, 0.5) is 5.82 Å². The molecule has 1 unspecified atom stereocenters. The molecule has 1 aromatic heterocycles. The Bertz CT molecular complexity index is 952. The van der Waals surface area contributed by atoms with Gasteiger partial charge in [0.15, 0.2) is 0 Å². The summed E-state index contributed by atoms with van der Waals surface area (Å²) in [4.78, 5) is 16.8. The zero-order chi connectivity index (χ0) is 18.1. The molecule has 0 fully saturated rings. The highest BCUT2D eigenvalue weighted by Crippen LogP contribution is 2.40. The number of benzene rings is 1. The van der Waals surface area contributed by atoms with Gasteiger partial charge in [-0.3, -0.25) is 4.79 Å². The lowest BCUT2D eigenvalue weighted by atomic mass is 9.92. The maximum Gasteiger partial charge on any atom is 0.257 e. The van der Waals surface area contributed by atoms with E-state index >= 15 is 0 Å². The number of carbonyl (C=O) groups is 1. The molecule has 2 aliphatic rings. The highest BCUT2D eigenvalue weighted by Gasteiger charge is 2.30. The predicted octanol–water partition coefficient (Wildman–Crippen LogP) is 4.66. The molecule has 4 rings (SSSR count). The van der Waals surface area contributed by atoms with Crippen molar-refractivity contribution in [2.75, 3.05) is 5.32 Å². The highest BCUT2D eigenvalue weighted by molar-refractivity contribution is 6.04. The minimum absolute atomic E-state index is 0.107. The van der Waals surface area contributed by atoms with E-state index in [2.05, 4.69) is 28.5 Å². The topological polar surface area (TPSA) is 51.2 Å². The van der Waals surface area contributed by atoms with Crippen LogP contribution in [0.1, 0.15) is 34.8 Å². The van der Waals surface area contributed by atoms with Crippen molar-refractivity contribution in [1.29, 1.82) is 0 Å². The summed E-state index contributed by atoms with van der Waals surface area (Å²) in [7, 11) is 0. The Kier molecular flexibility index (Phi) is 4.17. The standard InChI is InChI=1S/C22H20N2O2/c1-14-7-3-4-8-17(14)22(25)24-20-12-11-16(13-23-20)21-15(2)26-19-10-6-5-9-18(19)21/h3-9,11-13,19H,10H2,1-2H3,(H,23,24,25). The van der Waals surface area contributed by atoms with Crippen molar-refractivity contribution in [3.63, 3.8) is 0 Å². The van der Waals surface area contributed by atoms with Gasteiger partial charge >= 0.3 is 0 Å². The molecule has 26 heavy (non-hydrogen) atoms. The summed E-state index contributed by atoms with van der Waals surface area (Å²) in [6, 6.07) is 11.3. The number of anilines is 1. The highest BCUT2D eigenvalue weighted by atomic mass is 16.5. The van der Waals surface area contributed by atoms with Crippen LogP contribution in [-0.2, 0) is 4.74 Å². The fourth-order valence-corrected chi connectivity index (χ4v) is 3.44. The number of hydrogen-bond acceptors (Lipinski definition) is 3. The maximum atomic E-state index is 12.4. The number of aryl methyl sites for hydroxylation is 1. The average molecular weight is 344 g/mol. The quantitative estimate of drug-likeness (QED) is 0.881. The van der Waals surface area contributed by atoms with E-state index in [0.717, 1.165) is 28.9 Å². The molecular formula is C22H20N2O2. The van der Waals surface area contributed by atoms with Crippen molar-refractivity contribution in [1.82, 2.24) is 4.98 Å². The third kappa shape index (κ3) is 2.94. The largest absolute Gasteiger partial charge is 0.489 e. The number of aromatic nitrogens is 1. The summed E-state index contributed by atoms with van der Waals surface area (Å²) >= 11 is 0. The van der Waals surface area contributed by atoms with Crippen LogP contribution >= 0.6 is 0 Å². The van der Waals surface area contributed by atoms with Crippen LogP contribution in [0.15, 0.2) is 72.2 Å². The van der Waals surface area contributed by atoms with Gasteiger partial charge in [0.2, 0.25) is 0 Å². The monoisotopic (exact) mass is 344 g/mol. The van der Waals surface area contributed by atoms with Gasteiger partial charge in [0.1, 0.15) is 17.7 Å². The van der Waals surface area contributed by atoms with Crippen LogP contribution in [0.3, 0.4) is 0 Å². The average Bonchev–Trinajstić information content (AvgIpc) is 2.98. The van der Waals surface area contributed by atoms with Crippen LogP contribution in [-0.4, -0.2) is 17.0 Å². The molecule has 1 aliphatic carbocycles. The smallest absolute Gasteiger partial charge is 0.257 e. The Hall–Kier alpha value is -3.14. The number of hydrogen-bond donors (Lipinski definition) is 1. The Labute approximate surface area is 152 Å². The third-order valence-electron chi connectivity index (χ3n) is 4.75.